The minimum Gasteiger partial charge on any atom is -0.371 e. The molecule has 1 aromatic heterocycles. The summed E-state index contributed by atoms with van der Waals surface area (Å²) < 4.78 is 5.70. The highest BCUT2D eigenvalue weighted by Gasteiger charge is 2.38. The van der Waals surface area contributed by atoms with Crippen LogP contribution in [0.15, 0.2) is 5.38 Å². The molecule has 1 fully saturated rings. The number of methoxy groups -OCH3 is 1. The predicted octanol–water partition coefficient (Wildman–Crippen LogP) is 2.28. The number of nitrogens with one attached hydrogen (secondary N) is 1. The molecule has 0 amide bonds. The number of hydrogen-bond donors (Lipinski definition) is 1. The van der Waals surface area contributed by atoms with Crippen molar-refractivity contribution in [1.29, 1.82) is 0 Å². The highest BCUT2D eigenvalue weighted by Crippen LogP contribution is 2.42. The van der Waals surface area contributed by atoms with E-state index >= 15 is 0 Å². The lowest BCUT2D eigenvalue weighted by atomic mass is 10.0. The topological polar surface area (TPSA) is 34.1 Å². The first-order valence-corrected chi connectivity index (χ1v) is 6.33. The lowest BCUT2D eigenvalue weighted by molar-refractivity contribution is -0.00896. The Morgan fingerprint density at radius 3 is 2.87 bits per heavy atom. The highest BCUT2D eigenvalue weighted by molar-refractivity contribution is 7.09. The lowest BCUT2D eigenvalue weighted by Gasteiger charge is -2.24. The quantitative estimate of drug-likeness (QED) is 0.855. The van der Waals surface area contributed by atoms with Gasteiger partial charge in [0.1, 0.15) is 10.6 Å². The van der Waals surface area contributed by atoms with Crippen LogP contribution in [0.4, 0.5) is 0 Å². The molecule has 3 nitrogen and oxygen atoms in total. The monoisotopic (exact) mass is 226 g/mol. The van der Waals surface area contributed by atoms with Gasteiger partial charge >= 0.3 is 0 Å². The van der Waals surface area contributed by atoms with Crippen LogP contribution in [0, 0.1) is 0 Å². The Balaban J connectivity index is 2.19. The third-order valence-corrected chi connectivity index (χ3v) is 4.18. The SMILES string of the molecule is CNCc1csc(C2(OC)CCCC2)n1. The van der Waals surface area contributed by atoms with E-state index in [9.17, 15) is 0 Å². The average molecular weight is 226 g/mol. The second-order valence-electron chi connectivity index (χ2n) is 4.08. The Kier molecular flexibility index (Phi) is 3.38. The van der Waals surface area contributed by atoms with Crippen molar-refractivity contribution in [3.05, 3.63) is 16.1 Å². The summed E-state index contributed by atoms with van der Waals surface area (Å²) in [5.41, 5.74) is 1.05. The Morgan fingerprint density at radius 2 is 2.27 bits per heavy atom. The summed E-state index contributed by atoms with van der Waals surface area (Å²) in [4.78, 5) is 4.66. The van der Waals surface area contributed by atoms with Gasteiger partial charge in [0.2, 0.25) is 0 Å². The number of thiazole rings is 1. The number of ether oxygens (including phenoxy) is 1. The molecule has 84 valence electrons. The molecule has 1 N–H and O–H groups in total. The van der Waals surface area contributed by atoms with Crippen molar-refractivity contribution < 1.29 is 4.74 Å². The maximum Gasteiger partial charge on any atom is 0.125 e. The molecule has 0 bridgehead atoms. The fraction of sp³-hybridized carbons (Fsp3) is 0.727. The van der Waals surface area contributed by atoms with Crippen molar-refractivity contribution in [2.45, 2.75) is 37.8 Å². The van der Waals surface area contributed by atoms with E-state index in [-0.39, 0.29) is 5.60 Å². The maximum absolute atomic E-state index is 5.70. The summed E-state index contributed by atoms with van der Waals surface area (Å²) in [6.07, 6.45) is 4.76. The number of hydrogen-bond acceptors (Lipinski definition) is 4. The summed E-state index contributed by atoms with van der Waals surface area (Å²) in [5, 5.41) is 6.41. The lowest BCUT2D eigenvalue weighted by Crippen LogP contribution is -2.24. The highest BCUT2D eigenvalue weighted by atomic mass is 32.1. The zero-order valence-electron chi connectivity index (χ0n) is 9.38. The van der Waals surface area contributed by atoms with Crippen LogP contribution in [0.1, 0.15) is 36.4 Å². The molecular weight excluding hydrogens is 208 g/mol. The molecule has 0 saturated heterocycles. The van der Waals surface area contributed by atoms with Gasteiger partial charge in [-0.3, -0.25) is 0 Å². The Labute approximate surface area is 94.9 Å². The van der Waals surface area contributed by atoms with Gasteiger partial charge in [0.25, 0.3) is 0 Å². The second-order valence-corrected chi connectivity index (χ2v) is 4.94. The molecule has 1 aliphatic rings. The van der Waals surface area contributed by atoms with Gasteiger partial charge in [-0.05, 0) is 19.9 Å². The number of nitrogens with zero attached hydrogens (tertiary/aromatic N) is 1. The first kappa shape index (κ1) is 11.0. The summed E-state index contributed by atoms with van der Waals surface area (Å²) in [7, 11) is 3.76. The van der Waals surface area contributed by atoms with Crippen molar-refractivity contribution in [1.82, 2.24) is 10.3 Å². The minimum absolute atomic E-state index is 0.0728. The van der Waals surface area contributed by atoms with Gasteiger partial charge in [0.15, 0.2) is 0 Å². The van der Waals surface area contributed by atoms with E-state index in [0.717, 1.165) is 30.1 Å². The van der Waals surface area contributed by atoms with E-state index in [2.05, 4.69) is 15.7 Å². The van der Waals surface area contributed by atoms with Crippen LogP contribution in [0.25, 0.3) is 0 Å². The fourth-order valence-corrected chi connectivity index (χ4v) is 3.29. The van der Waals surface area contributed by atoms with E-state index in [4.69, 9.17) is 4.74 Å². The molecular formula is C11H18N2OS. The van der Waals surface area contributed by atoms with Gasteiger partial charge in [0, 0.05) is 19.0 Å². The molecule has 0 aliphatic heterocycles. The Bertz CT molecular complexity index is 318. The standard InChI is InChI=1S/C11H18N2OS/c1-12-7-9-8-15-10(13-9)11(14-2)5-3-4-6-11/h8,12H,3-7H2,1-2H3. The zero-order chi connectivity index (χ0) is 10.7. The normalized spacial score (nSPS) is 19.6. The van der Waals surface area contributed by atoms with E-state index in [1.807, 2.05) is 14.2 Å². The molecule has 0 spiro atoms. The third kappa shape index (κ3) is 2.07. The van der Waals surface area contributed by atoms with Crippen LogP contribution < -0.4 is 5.32 Å². The van der Waals surface area contributed by atoms with E-state index in [1.54, 1.807) is 11.3 Å². The largest absolute Gasteiger partial charge is 0.371 e. The van der Waals surface area contributed by atoms with E-state index in [0.29, 0.717) is 0 Å². The van der Waals surface area contributed by atoms with Crippen molar-refractivity contribution in [3.8, 4) is 0 Å². The first-order chi connectivity index (χ1) is 7.30. The molecule has 1 aliphatic carbocycles. The first-order valence-electron chi connectivity index (χ1n) is 5.45. The van der Waals surface area contributed by atoms with Crippen molar-refractivity contribution in [2.24, 2.45) is 0 Å². The number of rotatable bonds is 4. The van der Waals surface area contributed by atoms with Crippen molar-refractivity contribution in [2.75, 3.05) is 14.2 Å². The fourth-order valence-electron chi connectivity index (χ4n) is 2.23. The summed E-state index contributed by atoms with van der Waals surface area (Å²) in [6.45, 7) is 0.844. The second kappa shape index (κ2) is 4.60. The average Bonchev–Trinajstić information content (AvgIpc) is 2.86. The van der Waals surface area contributed by atoms with Crippen LogP contribution in [-0.2, 0) is 16.9 Å². The molecule has 1 aromatic rings. The molecule has 4 heteroatoms. The molecule has 15 heavy (non-hydrogen) atoms. The van der Waals surface area contributed by atoms with Crippen LogP contribution in [0.2, 0.25) is 0 Å². The molecule has 0 unspecified atom stereocenters. The molecule has 0 aromatic carbocycles. The smallest absolute Gasteiger partial charge is 0.125 e. The summed E-state index contributed by atoms with van der Waals surface area (Å²) >= 11 is 1.73. The van der Waals surface area contributed by atoms with E-state index in [1.165, 1.54) is 12.8 Å². The molecule has 2 rings (SSSR count). The summed E-state index contributed by atoms with van der Waals surface area (Å²) in [6, 6.07) is 0. The third-order valence-electron chi connectivity index (χ3n) is 3.10. The van der Waals surface area contributed by atoms with Crippen LogP contribution >= 0.6 is 11.3 Å². The Morgan fingerprint density at radius 1 is 1.53 bits per heavy atom. The van der Waals surface area contributed by atoms with Crippen molar-refractivity contribution in [3.63, 3.8) is 0 Å². The summed E-state index contributed by atoms with van der Waals surface area (Å²) in [5.74, 6) is 0. The van der Waals surface area contributed by atoms with Gasteiger partial charge in [-0.25, -0.2) is 4.98 Å². The number of aromatic nitrogens is 1. The van der Waals surface area contributed by atoms with Gasteiger partial charge in [-0.15, -0.1) is 11.3 Å². The molecule has 0 atom stereocenters. The van der Waals surface area contributed by atoms with Gasteiger partial charge in [-0.2, -0.15) is 0 Å². The van der Waals surface area contributed by atoms with Gasteiger partial charge in [-0.1, -0.05) is 12.8 Å². The molecule has 1 saturated carbocycles. The van der Waals surface area contributed by atoms with Crippen LogP contribution in [-0.4, -0.2) is 19.1 Å². The minimum atomic E-state index is -0.0728. The van der Waals surface area contributed by atoms with E-state index < -0.39 is 0 Å². The Hall–Kier alpha value is -0.450. The molecule has 1 heterocycles. The maximum atomic E-state index is 5.70. The van der Waals surface area contributed by atoms with Gasteiger partial charge < -0.3 is 10.1 Å². The van der Waals surface area contributed by atoms with Gasteiger partial charge in [0.05, 0.1) is 5.69 Å². The predicted molar refractivity (Wildman–Crippen MR) is 62.0 cm³/mol. The molecule has 0 radical (unpaired) electrons. The zero-order valence-corrected chi connectivity index (χ0v) is 10.2. The van der Waals surface area contributed by atoms with Crippen LogP contribution in [0.3, 0.4) is 0 Å². The van der Waals surface area contributed by atoms with Crippen molar-refractivity contribution >= 4 is 11.3 Å². The van der Waals surface area contributed by atoms with Crippen LogP contribution in [0.5, 0.6) is 0 Å².